The van der Waals surface area contributed by atoms with Gasteiger partial charge < -0.3 is 42.7 Å². The Morgan fingerprint density at radius 1 is 1.07 bits per heavy atom. The van der Waals surface area contributed by atoms with Crippen LogP contribution in [0.1, 0.15) is 19.8 Å². The summed E-state index contributed by atoms with van der Waals surface area (Å²) in [6, 6.07) is -4.13. The molecule has 0 saturated heterocycles. The van der Waals surface area contributed by atoms with E-state index in [9.17, 15) is 29.1 Å². The van der Waals surface area contributed by atoms with Gasteiger partial charge in [-0.15, -0.1) is 0 Å². The normalized spacial score (nSPS) is 15.0. The van der Waals surface area contributed by atoms with E-state index in [-0.39, 0.29) is 12.8 Å². The maximum absolute atomic E-state index is 12.1. The van der Waals surface area contributed by atoms with E-state index < -0.39 is 67.0 Å². The lowest BCUT2D eigenvalue weighted by Gasteiger charge is -2.22. The molecule has 0 rings (SSSR count). The molecule has 13 nitrogen and oxygen atoms in total. The fourth-order valence-corrected chi connectivity index (χ4v) is 1.80. The van der Waals surface area contributed by atoms with Gasteiger partial charge >= 0.3 is 5.97 Å². The SMILES string of the molecule is CC(O)C(NC(=O)C(N)CCC(N)=O)C(=O)NCC(=O)NC(CO)C(=O)O. The Kier molecular flexibility index (Phi) is 10.6. The Balaban J connectivity index is 4.67. The van der Waals surface area contributed by atoms with E-state index >= 15 is 0 Å². The van der Waals surface area contributed by atoms with Crippen LogP contribution in [0.15, 0.2) is 0 Å². The average Bonchev–Trinajstić information content (AvgIpc) is 2.58. The van der Waals surface area contributed by atoms with Crippen molar-refractivity contribution in [3.63, 3.8) is 0 Å². The molecule has 0 aromatic rings. The number of nitrogens with two attached hydrogens (primary N) is 2. The Hall–Kier alpha value is -2.77. The largest absolute Gasteiger partial charge is 0.480 e. The summed E-state index contributed by atoms with van der Waals surface area (Å²) in [4.78, 5) is 56.9. The van der Waals surface area contributed by atoms with Crippen molar-refractivity contribution in [2.45, 2.75) is 44.0 Å². The Bertz CT molecular complexity index is 568. The molecule has 4 atom stereocenters. The molecule has 0 aliphatic rings. The van der Waals surface area contributed by atoms with E-state index in [0.717, 1.165) is 0 Å². The van der Waals surface area contributed by atoms with E-state index in [2.05, 4.69) is 10.6 Å². The molecule has 0 heterocycles. The topological polar surface area (TPSA) is 234 Å². The van der Waals surface area contributed by atoms with E-state index in [1.165, 1.54) is 6.92 Å². The smallest absolute Gasteiger partial charge is 0.328 e. The summed E-state index contributed by atoms with van der Waals surface area (Å²) < 4.78 is 0. The number of nitrogens with one attached hydrogen (secondary N) is 3. The van der Waals surface area contributed by atoms with E-state index in [0.29, 0.717) is 0 Å². The van der Waals surface area contributed by atoms with Gasteiger partial charge in [0, 0.05) is 6.42 Å². The zero-order chi connectivity index (χ0) is 21.1. The van der Waals surface area contributed by atoms with Crippen LogP contribution in [0.2, 0.25) is 0 Å². The molecule has 0 aromatic carbocycles. The van der Waals surface area contributed by atoms with E-state index in [1.807, 2.05) is 5.32 Å². The molecule has 0 aliphatic carbocycles. The van der Waals surface area contributed by atoms with Gasteiger partial charge in [0.1, 0.15) is 12.1 Å². The third kappa shape index (κ3) is 9.48. The second-order valence-electron chi connectivity index (χ2n) is 5.70. The lowest BCUT2D eigenvalue weighted by Crippen LogP contribution is -2.57. The molecule has 4 unspecified atom stereocenters. The lowest BCUT2D eigenvalue weighted by molar-refractivity contribution is -0.143. The third-order valence-corrected chi connectivity index (χ3v) is 3.34. The average molecular weight is 391 g/mol. The summed E-state index contributed by atoms with van der Waals surface area (Å²) in [6.07, 6.45) is -1.55. The van der Waals surface area contributed by atoms with Gasteiger partial charge in [0.25, 0.3) is 0 Å². The molecule has 0 radical (unpaired) electrons. The Labute approximate surface area is 154 Å². The molecule has 4 amide bonds. The van der Waals surface area contributed by atoms with Crippen molar-refractivity contribution in [3.8, 4) is 0 Å². The molecule has 0 fully saturated rings. The van der Waals surface area contributed by atoms with Crippen LogP contribution >= 0.6 is 0 Å². The summed E-state index contributed by atoms with van der Waals surface area (Å²) in [5.74, 6) is -4.76. The minimum absolute atomic E-state index is 0.0601. The van der Waals surface area contributed by atoms with Crippen molar-refractivity contribution in [2.75, 3.05) is 13.2 Å². The predicted octanol–water partition coefficient (Wildman–Crippen LogP) is -4.88. The molecule has 0 saturated carbocycles. The number of carbonyl (C=O) groups excluding carboxylic acids is 4. The molecule has 0 aromatic heterocycles. The number of aliphatic hydroxyl groups excluding tert-OH is 2. The van der Waals surface area contributed by atoms with Gasteiger partial charge in [-0.05, 0) is 13.3 Å². The van der Waals surface area contributed by atoms with E-state index in [1.54, 1.807) is 0 Å². The number of carbonyl (C=O) groups is 5. The zero-order valence-corrected chi connectivity index (χ0v) is 14.7. The van der Waals surface area contributed by atoms with Crippen LogP contribution in [0.5, 0.6) is 0 Å². The number of hydrogen-bond donors (Lipinski definition) is 8. The van der Waals surface area contributed by atoms with Crippen molar-refractivity contribution in [1.29, 1.82) is 0 Å². The van der Waals surface area contributed by atoms with Gasteiger partial charge in [0.15, 0.2) is 0 Å². The number of amides is 4. The van der Waals surface area contributed by atoms with Gasteiger partial charge in [0.05, 0.1) is 25.3 Å². The summed E-state index contributed by atoms with van der Waals surface area (Å²) >= 11 is 0. The first-order valence-corrected chi connectivity index (χ1v) is 7.92. The number of aliphatic carboxylic acids is 1. The van der Waals surface area contributed by atoms with Gasteiger partial charge in [-0.3, -0.25) is 19.2 Å². The Morgan fingerprint density at radius 3 is 2.11 bits per heavy atom. The fraction of sp³-hybridized carbons (Fsp3) is 0.643. The van der Waals surface area contributed by atoms with Crippen LogP contribution < -0.4 is 27.4 Å². The molecule has 154 valence electrons. The molecule has 0 aliphatic heterocycles. The molecule has 0 spiro atoms. The molecular formula is C14H25N5O8. The first-order chi connectivity index (χ1) is 12.5. The maximum Gasteiger partial charge on any atom is 0.328 e. The highest BCUT2D eigenvalue weighted by atomic mass is 16.4. The molecule has 10 N–H and O–H groups in total. The van der Waals surface area contributed by atoms with Crippen LogP contribution in [0, 0.1) is 0 Å². The van der Waals surface area contributed by atoms with E-state index in [4.69, 9.17) is 21.7 Å². The highest BCUT2D eigenvalue weighted by Crippen LogP contribution is 1.98. The number of hydrogen-bond acceptors (Lipinski definition) is 8. The number of carboxylic acid groups (broad SMARTS) is 1. The third-order valence-electron chi connectivity index (χ3n) is 3.34. The van der Waals surface area contributed by atoms with Crippen molar-refractivity contribution in [1.82, 2.24) is 16.0 Å². The minimum Gasteiger partial charge on any atom is -0.480 e. The highest BCUT2D eigenvalue weighted by molar-refractivity contribution is 5.93. The first kappa shape index (κ1) is 24.2. The van der Waals surface area contributed by atoms with Crippen LogP contribution in [0.3, 0.4) is 0 Å². The van der Waals surface area contributed by atoms with Crippen molar-refractivity contribution >= 4 is 29.6 Å². The second kappa shape index (κ2) is 11.8. The standard InChI is InChI=1S/C14H25N5O8/c1-6(21)11(19-12(24)7(15)2-3-9(16)22)13(25)17-4-10(23)18-8(5-20)14(26)27/h6-8,11,20-21H,2-5,15H2,1H3,(H2,16,22)(H,17,25)(H,18,23)(H,19,24)(H,26,27). The highest BCUT2D eigenvalue weighted by Gasteiger charge is 2.28. The van der Waals surface area contributed by atoms with Gasteiger partial charge in [-0.1, -0.05) is 0 Å². The number of primary amides is 1. The maximum atomic E-state index is 12.1. The second-order valence-corrected chi connectivity index (χ2v) is 5.70. The quantitative estimate of drug-likeness (QED) is 0.159. The zero-order valence-electron chi connectivity index (χ0n) is 14.7. The number of carboxylic acids is 1. The molecular weight excluding hydrogens is 366 g/mol. The van der Waals surface area contributed by atoms with Gasteiger partial charge in [-0.2, -0.15) is 0 Å². The molecule has 27 heavy (non-hydrogen) atoms. The Morgan fingerprint density at radius 2 is 1.67 bits per heavy atom. The predicted molar refractivity (Wildman–Crippen MR) is 89.7 cm³/mol. The van der Waals surface area contributed by atoms with Crippen LogP contribution in [0.25, 0.3) is 0 Å². The lowest BCUT2D eigenvalue weighted by atomic mass is 10.1. The number of aliphatic hydroxyl groups is 2. The van der Waals surface area contributed by atoms with Crippen LogP contribution in [0.4, 0.5) is 0 Å². The van der Waals surface area contributed by atoms with Gasteiger partial charge in [-0.25, -0.2) is 4.79 Å². The van der Waals surface area contributed by atoms with Gasteiger partial charge in [0.2, 0.25) is 23.6 Å². The minimum atomic E-state index is -1.54. The number of rotatable bonds is 12. The van der Waals surface area contributed by atoms with Crippen molar-refractivity contribution < 1.29 is 39.3 Å². The summed E-state index contributed by atoms with van der Waals surface area (Å²) in [5.41, 5.74) is 10.5. The summed E-state index contributed by atoms with van der Waals surface area (Å²) in [6.45, 7) is -0.286. The van der Waals surface area contributed by atoms with Crippen molar-refractivity contribution in [3.05, 3.63) is 0 Å². The monoisotopic (exact) mass is 391 g/mol. The summed E-state index contributed by atoms with van der Waals surface area (Å²) in [7, 11) is 0. The summed E-state index contributed by atoms with van der Waals surface area (Å²) in [5, 5.41) is 33.4. The van der Waals surface area contributed by atoms with Crippen LogP contribution in [-0.2, 0) is 24.0 Å². The first-order valence-electron chi connectivity index (χ1n) is 7.92. The molecule has 0 bridgehead atoms. The van der Waals surface area contributed by atoms with Crippen molar-refractivity contribution in [2.24, 2.45) is 11.5 Å². The van der Waals surface area contributed by atoms with Crippen LogP contribution in [-0.4, -0.2) is 82.3 Å². The fourth-order valence-electron chi connectivity index (χ4n) is 1.80. The molecule has 13 heteroatoms.